The first-order chi connectivity index (χ1) is 6.91. The molecule has 0 aliphatic heterocycles. The molecule has 0 bridgehead atoms. The minimum Gasteiger partial charge on any atom is -0.376 e. The maximum atomic E-state index is 5.77. The molecule has 0 saturated carbocycles. The van der Waals surface area contributed by atoms with Gasteiger partial charge in [-0.2, -0.15) is 0 Å². The zero-order valence-electron chi connectivity index (χ0n) is 12.5. The minimum absolute atomic E-state index is 0.0203. The van der Waals surface area contributed by atoms with Gasteiger partial charge in [0.05, 0.1) is 5.60 Å². The first kappa shape index (κ1) is 15.9. The fourth-order valence-corrected chi connectivity index (χ4v) is 1.23. The van der Waals surface area contributed by atoms with Crippen molar-refractivity contribution >= 4 is 0 Å². The van der Waals surface area contributed by atoms with Crippen LogP contribution in [0.3, 0.4) is 0 Å². The van der Waals surface area contributed by atoms with Gasteiger partial charge in [-0.25, -0.2) is 0 Å². The van der Waals surface area contributed by atoms with Crippen molar-refractivity contribution in [1.29, 1.82) is 0 Å². The fourth-order valence-electron chi connectivity index (χ4n) is 1.23. The zero-order valence-corrected chi connectivity index (χ0v) is 12.5. The highest BCUT2D eigenvalue weighted by atomic mass is 16.5. The summed E-state index contributed by atoms with van der Waals surface area (Å²) < 4.78 is 5.77. The van der Waals surface area contributed by atoms with Crippen molar-refractivity contribution in [3.8, 4) is 0 Å². The van der Waals surface area contributed by atoms with Gasteiger partial charge in [0.2, 0.25) is 0 Å². The average Bonchev–Trinajstić information content (AvgIpc) is 1.97. The Bertz CT molecular complexity index is 196. The van der Waals surface area contributed by atoms with Gasteiger partial charge in [-0.05, 0) is 53.4 Å². The van der Waals surface area contributed by atoms with Crippen LogP contribution in [0.4, 0.5) is 0 Å². The predicted octanol–water partition coefficient (Wildman–Crippen LogP) is 3.61. The Morgan fingerprint density at radius 1 is 0.875 bits per heavy atom. The third-order valence-corrected chi connectivity index (χ3v) is 2.41. The lowest BCUT2D eigenvalue weighted by atomic mass is 9.88. The summed E-state index contributed by atoms with van der Waals surface area (Å²) in [5, 5.41) is 3.55. The van der Waals surface area contributed by atoms with E-state index in [1.807, 2.05) is 0 Å². The molecule has 2 nitrogen and oxygen atoms in total. The Morgan fingerprint density at radius 2 is 1.38 bits per heavy atom. The van der Waals surface area contributed by atoms with E-state index in [-0.39, 0.29) is 11.1 Å². The second-order valence-electron chi connectivity index (χ2n) is 7.48. The van der Waals surface area contributed by atoms with Crippen LogP contribution in [0.25, 0.3) is 0 Å². The van der Waals surface area contributed by atoms with E-state index in [1.165, 1.54) is 0 Å². The van der Waals surface area contributed by atoms with Gasteiger partial charge in [0, 0.05) is 18.7 Å². The molecule has 0 atom stereocenters. The maximum Gasteiger partial charge on any atom is 0.0598 e. The van der Waals surface area contributed by atoms with E-state index in [1.54, 1.807) is 0 Å². The van der Waals surface area contributed by atoms with Crippen molar-refractivity contribution in [1.82, 2.24) is 5.32 Å². The van der Waals surface area contributed by atoms with Gasteiger partial charge >= 0.3 is 0 Å². The molecule has 0 aromatic rings. The molecule has 0 fully saturated rings. The predicted molar refractivity (Wildman–Crippen MR) is 71.9 cm³/mol. The van der Waals surface area contributed by atoms with Gasteiger partial charge in [-0.3, -0.25) is 0 Å². The minimum atomic E-state index is -0.0203. The molecule has 0 amide bonds. The standard InChI is InChI=1S/C14H31NO/c1-12(2,3)15-11-14(7,8)9-10-16-13(4,5)6/h15H,9-11H2,1-8H3. The average molecular weight is 229 g/mol. The molecule has 0 saturated heterocycles. The van der Waals surface area contributed by atoms with E-state index >= 15 is 0 Å². The monoisotopic (exact) mass is 229 g/mol. The van der Waals surface area contributed by atoms with Crippen LogP contribution in [0.5, 0.6) is 0 Å². The normalized spacial score (nSPS) is 14.2. The van der Waals surface area contributed by atoms with E-state index in [9.17, 15) is 0 Å². The number of hydrogen-bond donors (Lipinski definition) is 1. The first-order valence-electron chi connectivity index (χ1n) is 6.30. The van der Waals surface area contributed by atoms with Gasteiger partial charge in [-0.1, -0.05) is 13.8 Å². The first-order valence-corrected chi connectivity index (χ1v) is 6.30. The van der Waals surface area contributed by atoms with Crippen LogP contribution in [-0.4, -0.2) is 24.3 Å². The Labute approximate surface area is 102 Å². The van der Waals surface area contributed by atoms with E-state index < -0.39 is 0 Å². The van der Waals surface area contributed by atoms with E-state index in [2.05, 4.69) is 60.7 Å². The van der Waals surface area contributed by atoms with Crippen LogP contribution in [0.15, 0.2) is 0 Å². The Kier molecular flexibility index (Phi) is 5.48. The highest BCUT2D eigenvalue weighted by molar-refractivity contribution is 4.78. The lowest BCUT2D eigenvalue weighted by Gasteiger charge is -2.31. The summed E-state index contributed by atoms with van der Waals surface area (Å²) in [6.07, 6.45) is 1.09. The number of hydrogen-bond acceptors (Lipinski definition) is 2. The summed E-state index contributed by atoms with van der Waals surface area (Å²) in [6.45, 7) is 19.4. The van der Waals surface area contributed by atoms with E-state index in [4.69, 9.17) is 4.74 Å². The third kappa shape index (κ3) is 10.4. The molecule has 0 aromatic carbocycles. The SMILES string of the molecule is CC(C)(CCOC(C)(C)C)CNC(C)(C)C. The van der Waals surface area contributed by atoms with Crippen molar-refractivity contribution in [3.63, 3.8) is 0 Å². The highest BCUT2D eigenvalue weighted by Crippen LogP contribution is 2.21. The quantitative estimate of drug-likeness (QED) is 0.777. The summed E-state index contributed by atoms with van der Waals surface area (Å²) in [5.41, 5.74) is 0.466. The molecule has 0 radical (unpaired) electrons. The third-order valence-electron chi connectivity index (χ3n) is 2.41. The molecular weight excluding hydrogens is 198 g/mol. The molecule has 0 rings (SSSR count). The van der Waals surface area contributed by atoms with Gasteiger partial charge in [0.1, 0.15) is 0 Å². The van der Waals surface area contributed by atoms with Crippen molar-refractivity contribution in [2.75, 3.05) is 13.2 Å². The summed E-state index contributed by atoms with van der Waals surface area (Å²) in [5.74, 6) is 0. The van der Waals surface area contributed by atoms with Crippen molar-refractivity contribution in [2.24, 2.45) is 5.41 Å². The second-order valence-corrected chi connectivity index (χ2v) is 7.48. The summed E-state index contributed by atoms with van der Waals surface area (Å²) in [4.78, 5) is 0. The van der Waals surface area contributed by atoms with Crippen LogP contribution in [0, 0.1) is 5.41 Å². The largest absolute Gasteiger partial charge is 0.376 e. The summed E-state index contributed by atoms with van der Waals surface area (Å²) in [7, 11) is 0. The number of ether oxygens (including phenoxy) is 1. The van der Waals surface area contributed by atoms with Gasteiger partial charge in [-0.15, -0.1) is 0 Å². The van der Waals surface area contributed by atoms with Crippen LogP contribution in [-0.2, 0) is 4.74 Å². The summed E-state index contributed by atoms with van der Waals surface area (Å²) >= 11 is 0. The van der Waals surface area contributed by atoms with Crippen molar-refractivity contribution in [3.05, 3.63) is 0 Å². The molecule has 0 aliphatic rings. The van der Waals surface area contributed by atoms with Crippen LogP contribution >= 0.6 is 0 Å². The molecular formula is C14H31NO. The molecule has 98 valence electrons. The second kappa shape index (κ2) is 5.50. The Morgan fingerprint density at radius 3 is 1.75 bits per heavy atom. The van der Waals surface area contributed by atoms with Crippen molar-refractivity contribution in [2.45, 2.75) is 73.0 Å². The topological polar surface area (TPSA) is 21.3 Å². The smallest absolute Gasteiger partial charge is 0.0598 e. The van der Waals surface area contributed by atoms with Crippen molar-refractivity contribution < 1.29 is 4.74 Å². The molecule has 16 heavy (non-hydrogen) atoms. The molecule has 0 unspecified atom stereocenters. The fraction of sp³-hybridized carbons (Fsp3) is 1.00. The van der Waals surface area contributed by atoms with Gasteiger partial charge in [0.25, 0.3) is 0 Å². The van der Waals surface area contributed by atoms with Crippen LogP contribution in [0.1, 0.15) is 61.8 Å². The Hall–Kier alpha value is -0.0800. The molecule has 0 aliphatic carbocycles. The lowest BCUT2D eigenvalue weighted by Crippen LogP contribution is -2.42. The molecule has 0 spiro atoms. The number of rotatable bonds is 5. The Balaban J connectivity index is 3.88. The molecule has 2 heteroatoms. The zero-order chi connectivity index (χ0) is 13.0. The van der Waals surface area contributed by atoms with E-state index in [0.29, 0.717) is 5.41 Å². The van der Waals surface area contributed by atoms with Crippen LogP contribution in [0.2, 0.25) is 0 Å². The molecule has 0 heterocycles. The maximum absolute atomic E-state index is 5.77. The summed E-state index contributed by atoms with van der Waals surface area (Å²) in [6, 6.07) is 0. The number of nitrogens with one attached hydrogen (secondary N) is 1. The van der Waals surface area contributed by atoms with Gasteiger partial charge < -0.3 is 10.1 Å². The van der Waals surface area contributed by atoms with Gasteiger partial charge in [0.15, 0.2) is 0 Å². The van der Waals surface area contributed by atoms with E-state index in [0.717, 1.165) is 19.6 Å². The molecule has 0 aromatic heterocycles. The molecule has 1 N–H and O–H groups in total. The highest BCUT2D eigenvalue weighted by Gasteiger charge is 2.21. The van der Waals surface area contributed by atoms with Crippen LogP contribution < -0.4 is 5.32 Å². The lowest BCUT2D eigenvalue weighted by molar-refractivity contribution is -0.0158.